The number of carbonyl (C=O) groups is 3. The zero-order valence-electron chi connectivity index (χ0n) is 17.3. The number of halogens is 1. The number of phenols is 1. The van der Waals surface area contributed by atoms with E-state index in [1.165, 1.54) is 29.2 Å². The van der Waals surface area contributed by atoms with Crippen LogP contribution in [0.3, 0.4) is 0 Å². The molecule has 2 aromatic carbocycles. The van der Waals surface area contributed by atoms with Crippen LogP contribution in [0.25, 0.3) is 0 Å². The minimum atomic E-state index is -0.690. The molecular weight excluding hydrogens is 403 g/mol. The van der Waals surface area contributed by atoms with Crippen LogP contribution in [0.2, 0.25) is 0 Å². The van der Waals surface area contributed by atoms with Gasteiger partial charge < -0.3 is 20.6 Å². The highest BCUT2D eigenvalue weighted by Gasteiger charge is 2.33. The third kappa shape index (κ3) is 4.50. The molecule has 4 N–H and O–H groups in total. The van der Waals surface area contributed by atoms with Crippen LogP contribution in [0.15, 0.2) is 53.9 Å². The Morgan fingerprint density at radius 2 is 1.81 bits per heavy atom. The number of hydrogen-bond donors (Lipinski definition) is 4. The van der Waals surface area contributed by atoms with Crippen LogP contribution in [-0.4, -0.2) is 41.8 Å². The van der Waals surface area contributed by atoms with E-state index >= 15 is 0 Å². The highest BCUT2D eigenvalue weighted by atomic mass is 19.1. The summed E-state index contributed by atoms with van der Waals surface area (Å²) in [5.41, 5.74) is 0.601. The van der Waals surface area contributed by atoms with Gasteiger partial charge in [0.25, 0.3) is 17.7 Å². The van der Waals surface area contributed by atoms with Crippen molar-refractivity contribution in [1.82, 2.24) is 15.5 Å². The molecule has 0 saturated carbocycles. The number of para-hydroxylation sites is 1. The Balaban J connectivity index is 1.96. The summed E-state index contributed by atoms with van der Waals surface area (Å²) in [6.45, 7) is 1.85. The lowest BCUT2D eigenvalue weighted by Crippen LogP contribution is -2.29. The van der Waals surface area contributed by atoms with Gasteiger partial charge in [-0.1, -0.05) is 25.1 Å². The number of imide groups is 1. The first kappa shape index (κ1) is 21.8. The number of nitrogens with zero attached hydrogens (tertiary/aromatic N) is 1. The van der Waals surface area contributed by atoms with Crippen molar-refractivity contribution in [2.24, 2.45) is 0 Å². The summed E-state index contributed by atoms with van der Waals surface area (Å²) in [5.74, 6) is -2.52. The van der Waals surface area contributed by atoms with E-state index in [4.69, 9.17) is 0 Å². The van der Waals surface area contributed by atoms with Crippen LogP contribution in [0.4, 0.5) is 10.1 Å². The van der Waals surface area contributed by atoms with Crippen LogP contribution >= 0.6 is 0 Å². The molecule has 9 heteroatoms. The minimum absolute atomic E-state index is 0.0372. The van der Waals surface area contributed by atoms with Gasteiger partial charge in [0.05, 0.1) is 17.3 Å². The van der Waals surface area contributed by atoms with Crippen LogP contribution in [0, 0.1) is 5.82 Å². The standard InChI is InChI=1S/C22H23FN4O4/c1-4-15(12-7-5-8-13(23)11-12)24-17-18(21(30)26-20(17)29)25-16-10-6-9-14(19(16)28)22(31)27(2)3/h5-11,15,28H,4H2,1-3H3,(H3,24,25,26,29,30)/t15-/m1/s1. The van der Waals surface area contributed by atoms with E-state index in [9.17, 15) is 23.9 Å². The van der Waals surface area contributed by atoms with Gasteiger partial charge in [-0.2, -0.15) is 0 Å². The van der Waals surface area contributed by atoms with E-state index in [1.807, 2.05) is 6.92 Å². The zero-order valence-corrected chi connectivity index (χ0v) is 17.3. The highest BCUT2D eigenvalue weighted by molar-refractivity contribution is 6.20. The molecule has 1 heterocycles. The highest BCUT2D eigenvalue weighted by Crippen LogP contribution is 2.31. The summed E-state index contributed by atoms with van der Waals surface area (Å²) in [7, 11) is 3.10. The molecule has 0 bridgehead atoms. The van der Waals surface area contributed by atoms with Crippen LogP contribution in [0.5, 0.6) is 5.75 Å². The summed E-state index contributed by atoms with van der Waals surface area (Å²) >= 11 is 0. The monoisotopic (exact) mass is 426 g/mol. The van der Waals surface area contributed by atoms with Crippen molar-refractivity contribution in [3.63, 3.8) is 0 Å². The number of anilines is 1. The third-order valence-corrected chi connectivity index (χ3v) is 4.84. The van der Waals surface area contributed by atoms with Gasteiger partial charge in [-0.05, 0) is 36.2 Å². The van der Waals surface area contributed by atoms with Gasteiger partial charge in [0.15, 0.2) is 5.75 Å². The third-order valence-electron chi connectivity index (χ3n) is 4.84. The molecule has 3 amide bonds. The number of rotatable bonds is 7. The number of hydrogen-bond acceptors (Lipinski definition) is 6. The normalized spacial score (nSPS) is 14.3. The zero-order chi connectivity index (χ0) is 22.7. The lowest BCUT2D eigenvalue weighted by Gasteiger charge is -2.20. The summed E-state index contributed by atoms with van der Waals surface area (Å²) in [5, 5.41) is 18.5. The number of amides is 3. The molecule has 31 heavy (non-hydrogen) atoms. The average molecular weight is 426 g/mol. The second-order valence-electron chi connectivity index (χ2n) is 7.22. The predicted molar refractivity (Wildman–Crippen MR) is 112 cm³/mol. The summed E-state index contributed by atoms with van der Waals surface area (Å²) < 4.78 is 13.6. The number of phenolic OH excluding ortho intramolecular Hbond substituents is 1. The molecule has 0 aliphatic carbocycles. The summed E-state index contributed by atoms with van der Waals surface area (Å²) in [4.78, 5) is 38.3. The van der Waals surface area contributed by atoms with Crippen molar-refractivity contribution in [3.8, 4) is 5.75 Å². The first-order chi connectivity index (χ1) is 14.7. The van der Waals surface area contributed by atoms with E-state index in [2.05, 4.69) is 16.0 Å². The smallest absolute Gasteiger partial charge is 0.276 e. The number of aromatic hydroxyl groups is 1. The summed E-state index contributed by atoms with van der Waals surface area (Å²) in [6.07, 6.45) is 0.514. The maximum atomic E-state index is 13.6. The van der Waals surface area contributed by atoms with Gasteiger partial charge in [-0.15, -0.1) is 0 Å². The van der Waals surface area contributed by atoms with E-state index in [0.29, 0.717) is 12.0 Å². The second-order valence-corrected chi connectivity index (χ2v) is 7.22. The Bertz CT molecular complexity index is 1080. The Hall–Kier alpha value is -3.88. The van der Waals surface area contributed by atoms with Crippen molar-refractivity contribution < 1.29 is 23.9 Å². The maximum Gasteiger partial charge on any atom is 0.276 e. The van der Waals surface area contributed by atoms with Crippen LogP contribution in [-0.2, 0) is 9.59 Å². The Morgan fingerprint density at radius 1 is 1.13 bits per heavy atom. The van der Waals surface area contributed by atoms with Crippen molar-refractivity contribution in [1.29, 1.82) is 0 Å². The molecule has 1 aliphatic heterocycles. The van der Waals surface area contributed by atoms with Gasteiger partial charge in [-0.3, -0.25) is 19.7 Å². The topological polar surface area (TPSA) is 111 Å². The fourth-order valence-electron chi connectivity index (χ4n) is 3.22. The second kappa shape index (κ2) is 8.86. The Kier molecular flexibility index (Phi) is 6.24. The molecule has 1 aliphatic rings. The first-order valence-electron chi connectivity index (χ1n) is 9.65. The van der Waals surface area contributed by atoms with Crippen molar-refractivity contribution in [2.75, 3.05) is 19.4 Å². The van der Waals surface area contributed by atoms with E-state index in [-0.39, 0.29) is 28.4 Å². The maximum absolute atomic E-state index is 13.6. The first-order valence-corrected chi connectivity index (χ1v) is 9.65. The van der Waals surface area contributed by atoms with Crippen molar-refractivity contribution >= 4 is 23.4 Å². The lowest BCUT2D eigenvalue weighted by atomic mass is 10.0. The number of carbonyl (C=O) groups excluding carboxylic acids is 3. The molecule has 8 nitrogen and oxygen atoms in total. The van der Waals surface area contributed by atoms with Gasteiger partial charge in [0.2, 0.25) is 0 Å². The van der Waals surface area contributed by atoms with Gasteiger partial charge >= 0.3 is 0 Å². The van der Waals surface area contributed by atoms with E-state index in [1.54, 1.807) is 32.3 Å². The van der Waals surface area contributed by atoms with Crippen LogP contribution < -0.4 is 16.0 Å². The van der Waals surface area contributed by atoms with Gasteiger partial charge in [0, 0.05) is 14.1 Å². The molecule has 2 aromatic rings. The SMILES string of the molecule is CC[C@@H](NC1=C(Nc2cccc(C(=O)N(C)C)c2O)C(=O)NC1=O)c1cccc(F)c1. The molecular formula is C22H23FN4O4. The molecule has 162 valence electrons. The molecule has 1 atom stereocenters. The number of nitrogens with one attached hydrogen (secondary N) is 3. The van der Waals surface area contributed by atoms with E-state index < -0.39 is 29.6 Å². The molecule has 0 saturated heterocycles. The fraction of sp³-hybridized carbons (Fsp3) is 0.227. The average Bonchev–Trinajstić information content (AvgIpc) is 2.99. The molecule has 0 spiro atoms. The van der Waals surface area contributed by atoms with E-state index in [0.717, 1.165) is 0 Å². The van der Waals surface area contributed by atoms with Gasteiger partial charge in [-0.25, -0.2) is 4.39 Å². The summed E-state index contributed by atoms with van der Waals surface area (Å²) in [6, 6.07) is 9.99. The quantitative estimate of drug-likeness (QED) is 0.399. The fourth-order valence-corrected chi connectivity index (χ4v) is 3.22. The predicted octanol–water partition coefficient (Wildman–Crippen LogP) is 2.25. The Labute approximate surface area is 178 Å². The molecule has 0 radical (unpaired) electrons. The lowest BCUT2D eigenvalue weighted by molar-refractivity contribution is -0.124. The largest absolute Gasteiger partial charge is 0.505 e. The molecule has 3 rings (SSSR count). The molecule has 0 fully saturated rings. The Morgan fingerprint density at radius 3 is 2.45 bits per heavy atom. The minimum Gasteiger partial charge on any atom is -0.505 e. The van der Waals surface area contributed by atoms with Crippen molar-refractivity contribution in [3.05, 3.63) is 70.8 Å². The van der Waals surface area contributed by atoms with Crippen LogP contribution in [0.1, 0.15) is 35.3 Å². The van der Waals surface area contributed by atoms with Crippen molar-refractivity contribution in [2.45, 2.75) is 19.4 Å². The van der Waals surface area contributed by atoms with Gasteiger partial charge in [0.1, 0.15) is 17.2 Å². The molecule has 0 aromatic heterocycles. The number of benzene rings is 2. The molecule has 0 unspecified atom stereocenters.